The smallest absolute Gasteiger partial charge is 0.339 e. The lowest BCUT2D eigenvalue weighted by Crippen LogP contribution is -2.23. The summed E-state index contributed by atoms with van der Waals surface area (Å²) in [4.78, 5) is 51.7. The van der Waals surface area contributed by atoms with Gasteiger partial charge in [-0.15, -0.1) is 0 Å². The number of carbonyl (C=O) groups is 4. The average molecular weight is 591 g/mol. The van der Waals surface area contributed by atoms with Crippen molar-refractivity contribution in [3.05, 3.63) is 34.4 Å². The second-order valence-electron chi connectivity index (χ2n) is 10.9. The summed E-state index contributed by atoms with van der Waals surface area (Å²) in [7, 11) is 0. The lowest BCUT2D eigenvalue weighted by atomic mass is 9.95. The highest BCUT2D eigenvalue weighted by atomic mass is 16.5. The molecule has 0 aromatic heterocycles. The van der Waals surface area contributed by atoms with Gasteiger partial charge in [0.25, 0.3) is 0 Å². The number of aromatic carboxylic acids is 1. The third-order valence-corrected chi connectivity index (χ3v) is 7.26. The standard InChI is InChI=1S/C34H54O8/c1-4-7-10-13-16-19-24-40-32(37)28-23-22-27(31(35)36)29(33(38)41-25-20-17-14-11-8-5-2)30(28)34(39)42-26-21-18-15-12-9-6-3/h22-23H,4-21,24-26H2,1-3H3,(H,35,36). The summed E-state index contributed by atoms with van der Waals surface area (Å²) >= 11 is 0. The van der Waals surface area contributed by atoms with Gasteiger partial charge in [-0.05, 0) is 31.4 Å². The number of esters is 3. The Morgan fingerprint density at radius 1 is 0.476 bits per heavy atom. The highest BCUT2D eigenvalue weighted by molar-refractivity contribution is 6.14. The molecule has 0 spiro atoms. The molecule has 1 aromatic rings. The van der Waals surface area contributed by atoms with Crippen molar-refractivity contribution in [2.45, 2.75) is 136 Å². The van der Waals surface area contributed by atoms with Crippen molar-refractivity contribution >= 4 is 23.9 Å². The Hall–Kier alpha value is -2.90. The highest BCUT2D eigenvalue weighted by Crippen LogP contribution is 2.24. The predicted molar refractivity (Wildman–Crippen MR) is 164 cm³/mol. The second kappa shape index (κ2) is 23.6. The summed E-state index contributed by atoms with van der Waals surface area (Å²) < 4.78 is 16.3. The van der Waals surface area contributed by atoms with Gasteiger partial charge in [0.2, 0.25) is 0 Å². The van der Waals surface area contributed by atoms with Crippen molar-refractivity contribution in [3.8, 4) is 0 Å². The van der Waals surface area contributed by atoms with Crippen LogP contribution < -0.4 is 0 Å². The van der Waals surface area contributed by atoms with Crippen molar-refractivity contribution in [1.82, 2.24) is 0 Å². The molecule has 1 N–H and O–H groups in total. The van der Waals surface area contributed by atoms with Crippen molar-refractivity contribution in [2.75, 3.05) is 19.8 Å². The van der Waals surface area contributed by atoms with E-state index in [4.69, 9.17) is 14.2 Å². The first-order valence-electron chi connectivity index (χ1n) is 16.3. The van der Waals surface area contributed by atoms with Crippen molar-refractivity contribution in [1.29, 1.82) is 0 Å². The first-order chi connectivity index (χ1) is 20.4. The number of unbranched alkanes of at least 4 members (excludes halogenated alkanes) is 15. The summed E-state index contributed by atoms with van der Waals surface area (Å²) in [6.45, 7) is 6.77. The van der Waals surface area contributed by atoms with Gasteiger partial charge in [-0.3, -0.25) is 0 Å². The van der Waals surface area contributed by atoms with E-state index < -0.39 is 40.6 Å². The van der Waals surface area contributed by atoms with E-state index >= 15 is 0 Å². The molecule has 0 fully saturated rings. The maximum absolute atomic E-state index is 13.3. The molecular weight excluding hydrogens is 536 g/mol. The Bertz CT molecular complexity index is 940. The molecule has 238 valence electrons. The van der Waals surface area contributed by atoms with E-state index in [-0.39, 0.29) is 25.4 Å². The zero-order valence-corrected chi connectivity index (χ0v) is 26.3. The summed E-state index contributed by atoms with van der Waals surface area (Å²) in [5.41, 5.74) is -1.47. The van der Waals surface area contributed by atoms with Gasteiger partial charge in [-0.25, -0.2) is 19.2 Å². The lowest BCUT2D eigenvalue weighted by Gasteiger charge is -2.16. The summed E-state index contributed by atoms with van der Waals surface area (Å²) in [6, 6.07) is 2.37. The molecule has 1 aromatic carbocycles. The molecule has 42 heavy (non-hydrogen) atoms. The van der Waals surface area contributed by atoms with Gasteiger partial charge in [0.05, 0.1) is 42.1 Å². The monoisotopic (exact) mass is 590 g/mol. The maximum atomic E-state index is 13.3. The molecule has 0 bridgehead atoms. The van der Waals surface area contributed by atoms with Crippen LogP contribution in [0.4, 0.5) is 0 Å². The Kier molecular flexibility index (Phi) is 20.9. The first-order valence-corrected chi connectivity index (χ1v) is 16.3. The number of carboxylic acid groups (broad SMARTS) is 1. The molecule has 0 radical (unpaired) electrons. The normalized spacial score (nSPS) is 10.8. The van der Waals surface area contributed by atoms with Gasteiger partial charge in [0.15, 0.2) is 0 Å². The first kappa shape index (κ1) is 37.1. The zero-order chi connectivity index (χ0) is 31.0. The molecule has 0 saturated carbocycles. The Balaban J connectivity index is 3.09. The number of hydrogen-bond donors (Lipinski definition) is 1. The van der Waals surface area contributed by atoms with Crippen molar-refractivity contribution in [2.24, 2.45) is 0 Å². The summed E-state index contributed by atoms with van der Waals surface area (Å²) in [5.74, 6) is -4.08. The van der Waals surface area contributed by atoms with Crippen LogP contribution in [0.2, 0.25) is 0 Å². The van der Waals surface area contributed by atoms with Crippen molar-refractivity contribution in [3.63, 3.8) is 0 Å². The van der Waals surface area contributed by atoms with E-state index in [2.05, 4.69) is 20.8 Å². The minimum Gasteiger partial charge on any atom is -0.478 e. The van der Waals surface area contributed by atoms with E-state index in [1.54, 1.807) is 0 Å². The van der Waals surface area contributed by atoms with Gasteiger partial charge in [-0.2, -0.15) is 0 Å². The summed E-state index contributed by atoms with van der Waals surface area (Å²) in [5, 5.41) is 9.85. The molecule has 0 unspecified atom stereocenters. The molecular formula is C34H54O8. The van der Waals surface area contributed by atoms with E-state index in [1.807, 2.05) is 0 Å². The van der Waals surface area contributed by atoms with Crippen LogP contribution in [0.15, 0.2) is 12.1 Å². The fourth-order valence-corrected chi connectivity index (χ4v) is 4.74. The third kappa shape index (κ3) is 14.8. The van der Waals surface area contributed by atoms with Gasteiger partial charge < -0.3 is 19.3 Å². The topological polar surface area (TPSA) is 116 Å². The molecule has 0 aliphatic carbocycles. The lowest BCUT2D eigenvalue weighted by molar-refractivity contribution is 0.0426. The molecule has 0 aliphatic rings. The number of carboxylic acids is 1. The van der Waals surface area contributed by atoms with Crippen LogP contribution in [0.5, 0.6) is 0 Å². The number of ether oxygens (including phenoxy) is 3. The highest BCUT2D eigenvalue weighted by Gasteiger charge is 2.32. The molecule has 0 aliphatic heterocycles. The van der Waals surface area contributed by atoms with Crippen molar-refractivity contribution < 1.29 is 38.5 Å². The fraction of sp³-hybridized carbons (Fsp3) is 0.706. The van der Waals surface area contributed by atoms with Gasteiger partial charge >= 0.3 is 23.9 Å². The molecule has 0 heterocycles. The number of rotatable bonds is 25. The minimum atomic E-state index is -1.40. The fourth-order valence-electron chi connectivity index (χ4n) is 4.74. The number of carbonyl (C=O) groups excluding carboxylic acids is 3. The zero-order valence-electron chi connectivity index (χ0n) is 26.3. The van der Waals surface area contributed by atoms with Gasteiger partial charge in [0, 0.05) is 0 Å². The van der Waals surface area contributed by atoms with Crippen LogP contribution >= 0.6 is 0 Å². The van der Waals surface area contributed by atoms with Crippen LogP contribution in [0.3, 0.4) is 0 Å². The van der Waals surface area contributed by atoms with Gasteiger partial charge in [0.1, 0.15) is 0 Å². The van der Waals surface area contributed by atoms with E-state index in [0.29, 0.717) is 19.3 Å². The van der Waals surface area contributed by atoms with Crippen LogP contribution in [-0.4, -0.2) is 48.8 Å². The van der Waals surface area contributed by atoms with Crippen LogP contribution in [-0.2, 0) is 14.2 Å². The largest absolute Gasteiger partial charge is 0.478 e. The Labute approximate surface area is 252 Å². The maximum Gasteiger partial charge on any atom is 0.339 e. The molecule has 8 nitrogen and oxygen atoms in total. The number of hydrogen-bond acceptors (Lipinski definition) is 7. The Morgan fingerprint density at radius 3 is 1.17 bits per heavy atom. The molecule has 0 atom stereocenters. The minimum absolute atomic E-state index is 0.0863. The molecule has 0 amide bonds. The predicted octanol–water partition coefficient (Wildman–Crippen LogP) is 8.94. The summed E-state index contributed by atoms with van der Waals surface area (Å²) in [6.07, 6.45) is 17.9. The van der Waals surface area contributed by atoms with Crippen LogP contribution in [0.25, 0.3) is 0 Å². The van der Waals surface area contributed by atoms with Crippen LogP contribution in [0, 0.1) is 0 Å². The number of benzene rings is 1. The second-order valence-corrected chi connectivity index (χ2v) is 10.9. The SMILES string of the molecule is CCCCCCCCOC(=O)c1ccc(C(=O)O)c(C(=O)OCCCCCCCC)c1C(=O)OCCCCCCCC. The van der Waals surface area contributed by atoms with E-state index in [9.17, 15) is 24.3 Å². The van der Waals surface area contributed by atoms with E-state index in [0.717, 1.165) is 102 Å². The molecule has 1 rings (SSSR count). The molecule has 8 heteroatoms. The third-order valence-electron chi connectivity index (χ3n) is 7.26. The average Bonchev–Trinajstić information content (AvgIpc) is 2.98. The van der Waals surface area contributed by atoms with Gasteiger partial charge in [-0.1, -0.05) is 117 Å². The Morgan fingerprint density at radius 2 is 0.786 bits per heavy atom. The van der Waals surface area contributed by atoms with Crippen LogP contribution in [0.1, 0.15) is 178 Å². The van der Waals surface area contributed by atoms with E-state index in [1.165, 1.54) is 6.07 Å². The molecule has 0 saturated heterocycles. The quantitative estimate of drug-likeness (QED) is 0.0681.